The predicted octanol–water partition coefficient (Wildman–Crippen LogP) is 3.85. The minimum absolute atomic E-state index is 0.122. The largest absolute Gasteiger partial charge is 0.504 e. The van der Waals surface area contributed by atoms with Crippen LogP contribution in [0, 0.1) is 12.7 Å². The summed E-state index contributed by atoms with van der Waals surface area (Å²) in [5.74, 6) is 0.356. The Bertz CT molecular complexity index is 599. The summed E-state index contributed by atoms with van der Waals surface area (Å²) < 4.78 is 18.8. The van der Waals surface area contributed by atoms with Gasteiger partial charge in [-0.3, -0.25) is 0 Å². The van der Waals surface area contributed by atoms with Crippen molar-refractivity contribution in [3.8, 4) is 11.5 Å². The maximum Gasteiger partial charge on any atom is 0.161 e. The molecule has 0 bridgehead atoms. The third-order valence-electron chi connectivity index (χ3n) is 2.99. The van der Waals surface area contributed by atoms with Crippen molar-refractivity contribution in [1.29, 1.82) is 0 Å². The second kappa shape index (κ2) is 6.28. The average Bonchev–Trinajstić information content (AvgIpc) is 2.43. The third kappa shape index (κ3) is 3.41. The number of hydrogen-bond acceptors (Lipinski definition) is 3. The lowest BCUT2D eigenvalue weighted by molar-refractivity contribution is 0.318. The first kappa shape index (κ1) is 14.2. The normalized spacial score (nSPS) is 10.3. The van der Waals surface area contributed by atoms with Crippen LogP contribution >= 0.6 is 0 Å². The van der Waals surface area contributed by atoms with Gasteiger partial charge in [-0.15, -0.1) is 0 Å². The van der Waals surface area contributed by atoms with Crippen molar-refractivity contribution < 1.29 is 14.2 Å². The Hall–Kier alpha value is -2.23. The van der Waals surface area contributed by atoms with Gasteiger partial charge in [0.25, 0.3) is 0 Å². The molecule has 0 saturated heterocycles. The van der Waals surface area contributed by atoms with Gasteiger partial charge in [-0.05, 0) is 49.2 Å². The second-order valence-corrected chi connectivity index (χ2v) is 4.55. The van der Waals surface area contributed by atoms with Gasteiger partial charge in [0.15, 0.2) is 11.5 Å². The van der Waals surface area contributed by atoms with Crippen molar-refractivity contribution in [3.05, 3.63) is 53.3 Å². The summed E-state index contributed by atoms with van der Waals surface area (Å²) in [7, 11) is 0. The van der Waals surface area contributed by atoms with E-state index in [9.17, 15) is 9.50 Å². The first-order valence-corrected chi connectivity index (χ1v) is 6.55. The Morgan fingerprint density at radius 2 is 2.00 bits per heavy atom. The standard InChI is InChI=1S/C16H18FNO2/c1-3-20-16-8-12(5-7-15(16)19)10-18-13-6-4-11(2)14(17)9-13/h4-9,18-19H,3,10H2,1-2H3. The molecule has 0 heterocycles. The van der Waals surface area contributed by atoms with Crippen LogP contribution in [0.25, 0.3) is 0 Å². The Labute approximate surface area is 118 Å². The van der Waals surface area contributed by atoms with Gasteiger partial charge in [-0.2, -0.15) is 0 Å². The number of halogens is 1. The van der Waals surface area contributed by atoms with Crippen molar-refractivity contribution >= 4 is 5.69 Å². The molecule has 0 atom stereocenters. The molecule has 0 aliphatic rings. The summed E-state index contributed by atoms with van der Waals surface area (Å²) >= 11 is 0. The molecule has 0 amide bonds. The number of phenolic OH excluding ortho intramolecular Hbond substituents is 1. The van der Waals surface area contributed by atoms with Gasteiger partial charge in [0.05, 0.1) is 6.61 Å². The lowest BCUT2D eigenvalue weighted by atomic mass is 10.2. The number of aromatic hydroxyl groups is 1. The highest BCUT2D eigenvalue weighted by molar-refractivity contribution is 5.47. The fourth-order valence-electron chi connectivity index (χ4n) is 1.85. The Morgan fingerprint density at radius 3 is 2.70 bits per heavy atom. The van der Waals surface area contributed by atoms with Crippen LogP contribution in [0.2, 0.25) is 0 Å². The summed E-state index contributed by atoms with van der Waals surface area (Å²) in [6, 6.07) is 10.2. The molecule has 0 aliphatic carbocycles. The molecular weight excluding hydrogens is 257 g/mol. The molecular formula is C16H18FNO2. The molecule has 0 saturated carbocycles. The number of benzene rings is 2. The summed E-state index contributed by atoms with van der Waals surface area (Å²) in [5.41, 5.74) is 2.30. The highest BCUT2D eigenvalue weighted by atomic mass is 19.1. The van der Waals surface area contributed by atoms with Crippen LogP contribution in [-0.2, 0) is 6.54 Å². The van der Waals surface area contributed by atoms with E-state index in [1.54, 1.807) is 31.2 Å². The van der Waals surface area contributed by atoms with E-state index in [4.69, 9.17) is 4.74 Å². The van der Waals surface area contributed by atoms with Crippen molar-refractivity contribution in [2.75, 3.05) is 11.9 Å². The monoisotopic (exact) mass is 275 g/mol. The molecule has 2 rings (SSSR count). The molecule has 2 N–H and O–H groups in total. The lowest BCUT2D eigenvalue weighted by Crippen LogP contribution is -2.01. The van der Waals surface area contributed by atoms with Crippen LogP contribution in [0.4, 0.5) is 10.1 Å². The Balaban J connectivity index is 2.06. The van der Waals surface area contributed by atoms with E-state index in [-0.39, 0.29) is 11.6 Å². The Morgan fingerprint density at radius 1 is 1.20 bits per heavy atom. The highest BCUT2D eigenvalue weighted by Gasteiger charge is 2.04. The lowest BCUT2D eigenvalue weighted by Gasteiger charge is -2.10. The number of phenols is 1. The zero-order chi connectivity index (χ0) is 14.5. The minimum Gasteiger partial charge on any atom is -0.504 e. The number of ether oxygens (including phenoxy) is 1. The van der Waals surface area contributed by atoms with E-state index in [2.05, 4.69) is 5.32 Å². The van der Waals surface area contributed by atoms with Crippen LogP contribution in [0.1, 0.15) is 18.1 Å². The van der Waals surface area contributed by atoms with Crippen molar-refractivity contribution in [2.24, 2.45) is 0 Å². The van der Waals surface area contributed by atoms with Crippen molar-refractivity contribution in [3.63, 3.8) is 0 Å². The molecule has 4 heteroatoms. The van der Waals surface area contributed by atoms with Gasteiger partial charge < -0.3 is 15.2 Å². The molecule has 0 aromatic heterocycles. The number of anilines is 1. The molecule has 0 spiro atoms. The number of nitrogens with one attached hydrogen (secondary N) is 1. The van der Waals surface area contributed by atoms with Crippen LogP contribution in [-0.4, -0.2) is 11.7 Å². The van der Waals surface area contributed by atoms with Gasteiger partial charge in [0.2, 0.25) is 0 Å². The zero-order valence-electron chi connectivity index (χ0n) is 11.6. The SMILES string of the molecule is CCOc1cc(CNc2ccc(C)c(F)c2)ccc1O. The minimum atomic E-state index is -0.226. The summed E-state index contributed by atoms with van der Waals surface area (Å²) in [4.78, 5) is 0. The topological polar surface area (TPSA) is 41.5 Å². The van der Waals surface area contributed by atoms with E-state index in [0.29, 0.717) is 24.5 Å². The molecule has 0 unspecified atom stereocenters. The molecule has 106 valence electrons. The second-order valence-electron chi connectivity index (χ2n) is 4.55. The highest BCUT2D eigenvalue weighted by Crippen LogP contribution is 2.27. The van der Waals surface area contributed by atoms with Crippen LogP contribution < -0.4 is 10.1 Å². The van der Waals surface area contributed by atoms with Crippen LogP contribution in [0.5, 0.6) is 11.5 Å². The van der Waals surface area contributed by atoms with E-state index in [1.165, 1.54) is 6.07 Å². The predicted molar refractivity (Wildman–Crippen MR) is 77.7 cm³/mol. The van der Waals surface area contributed by atoms with E-state index in [1.807, 2.05) is 13.0 Å². The van der Waals surface area contributed by atoms with Gasteiger partial charge in [0.1, 0.15) is 5.82 Å². The number of hydrogen-bond donors (Lipinski definition) is 2. The van der Waals surface area contributed by atoms with Crippen molar-refractivity contribution in [1.82, 2.24) is 0 Å². The molecule has 0 aliphatic heterocycles. The quantitative estimate of drug-likeness (QED) is 0.871. The van der Waals surface area contributed by atoms with Gasteiger partial charge in [-0.25, -0.2) is 4.39 Å². The summed E-state index contributed by atoms with van der Waals surface area (Å²) in [6.45, 7) is 4.61. The van der Waals surface area contributed by atoms with E-state index in [0.717, 1.165) is 11.3 Å². The molecule has 20 heavy (non-hydrogen) atoms. The van der Waals surface area contributed by atoms with Crippen LogP contribution in [0.3, 0.4) is 0 Å². The number of rotatable bonds is 5. The smallest absolute Gasteiger partial charge is 0.161 e. The maximum atomic E-state index is 13.4. The first-order valence-electron chi connectivity index (χ1n) is 6.55. The fraction of sp³-hybridized carbons (Fsp3) is 0.250. The van der Waals surface area contributed by atoms with E-state index < -0.39 is 0 Å². The summed E-state index contributed by atoms with van der Waals surface area (Å²) in [6.07, 6.45) is 0. The fourth-order valence-corrected chi connectivity index (χ4v) is 1.85. The number of aryl methyl sites for hydroxylation is 1. The molecule has 0 radical (unpaired) electrons. The third-order valence-corrected chi connectivity index (χ3v) is 2.99. The molecule has 3 nitrogen and oxygen atoms in total. The Kier molecular flexibility index (Phi) is 4.45. The van der Waals surface area contributed by atoms with Gasteiger partial charge >= 0.3 is 0 Å². The van der Waals surface area contributed by atoms with Crippen LogP contribution in [0.15, 0.2) is 36.4 Å². The van der Waals surface area contributed by atoms with Crippen molar-refractivity contribution in [2.45, 2.75) is 20.4 Å². The van der Waals surface area contributed by atoms with Gasteiger partial charge in [0, 0.05) is 12.2 Å². The van der Waals surface area contributed by atoms with Gasteiger partial charge in [-0.1, -0.05) is 12.1 Å². The maximum absolute atomic E-state index is 13.4. The summed E-state index contributed by atoms with van der Waals surface area (Å²) in [5, 5.41) is 12.8. The first-order chi connectivity index (χ1) is 9.60. The average molecular weight is 275 g/mol. The molecule has 2 aromatic rings. The zero-order valence-corrected chi connectivity index (χ0v) is 11.6. The van der Waals surface area contributed by atoms with E-state index >= 15 is 0 Å². The molecule has 0 fully saturated rings. The molecule has 2 aromatic carbocycles.